The predicted molar refractivity (Wildman–Crippen MR) is 135 cm³/mol. The van der Waals surface area contributed by atoms with E-state index in [2.05, 4.69) is 15.0 Å². The van der Waals surface area contributed by atoms with E-state index in [1.807, 2.05) is 49.7 Å². The summed E-state index contributed by atoms with van der Waals surface area (Å²) in [6.07, 6.45) is 4.70. The summed E-state index contributed by atoms with van der Waals surface area (Å²) in [6, 6.07) is 8.11. The fraction of sp³-hybridized carbons (Fsp3) is 0.538. The van der Waals surface area contributed by atoms with Crippen molar-refractivity contribution >= 4 is 28.8 Å². The third-order valence-electron chi connectivity index (χ3n) is 6.34. The first-order valence-corrected chi connectivity index (χ1v) is 12.6. The number of anilines is 2. The molecule has 192 valence electrons. The molecule has 1 aromatic carbocycles. The van der Waals surface area contributed by atoms with E-state index >= 15 is 0 Å². The van der Waals surface area contributed by atoms with E-state index in [0.717, 1.165) is 51.1 Å². The van der Waals surface area contributed by atoms with Crippen molar-refractivity contribution in [2.75, 3.05) is 44.4 Å². The number of carbonyl (C=O) groups excluding carboxylic acids is 1. The number of hydrogen-bond donors (Lipinski definition) is 0. The quantitative estimate of drug-likeness (QED) is 0.524. The molecular formula is C26H34N6O4. The largest absolute Gasteiger partial charge is 0.443 e. The van der Waals surface area contributed by atoms with Crippen LogP contribution in [0.5, 0.6) is 0 Å². The molecule has 0 unspecified atom stereocenters. The molecule has 2 aliphatic heterocycles. The van der Waals surface area contributed by atoms with E-state index in [1.165, 1.54) is 10.5 Å². The number of carbonyl (C=O) groups is 1. The van der Waals surface area contributed by atoms with Gasteiger partial charge in [0.15, 0.2) is 5.65 Å². The topological polar surface area (TPSA) is 94.8 Å². The molecule has 10 heteroatoms. The zero-order valence-corrected chi connectivity index (χ0v) is 21.2. The summed E-state index contributed by atoms with van der Waals surface area (Å²) < 4.78 is 18.6. The van der Waals surface area contributed by atoms with E-state index in [0.29, 0.717) is 24.5 Å². The van der Waals surface area contributed by atoms with Gasteiger partial charge in [-0.2, -0.15) is 10.1 Å². The van der Waals surface area contributed by atoms with Crippen molar-refractivity contribution in [2.45, 2.75) is 51.8 Å². The molecule has 2 saturated heterocycles. The van der Waals surface area contributed by atoms with E-state index in [1.54, 1.807) is 12.4 Å². The Kier molecular flexibility index (Phi) is 7.17. The molecule has 10 nitrogen and oxygen atoms in total. The maximum absolute atomic E-state index is 13.4. The number of fused-ring (bicyclic) bond motifs is 1. The van der Waals surface area contributed by atoms with Crippen LogP contribution in [-0.4, -0.2) is 75.9 Å². The highest BCUT2D eigenvalue weighted by Gasteiger charge is 2.28. The van der Waals surface area contributed by atoms with Crippen molar-refractivity contribution in [1.29, 1.82) is 0 Å². The molecule has 0 N–H and O–H groups in total. The smallest absolute Gasteiger partial charge is 0.421 e. The van der Waals surface area contributed by atoms with Gasteiger partial charge < -0.3 is 14.2 Å². The lowest BCUT2D eigenvalue weighted by atomic mass is 10.1. The van der Waals surface area contributed by atoms with Gasteiger partial charge >= 0.3 is 6.09 Å². The molecule has 0 saturated carbocycles. The number of ether oxygens (including phenoxy) is 3. The summed E-state index contributed by atoms with van der Waals surface area (Å²) in [6.45, 7) is 11.1. The van der Waals surface area contributed by atoms with Gasteiger partial charge in [-0.25, -0.2) is 19.4 Å². The van der Waals surface area contributed by atoms with E-state index in [9.17, 15) is 4.79 Å². The van der Waals surface area contributed by atoms with Gasteiger partial charge in [0.05, 0.1) is 36.5 Å². The van der Waals surface area contributed by atoms with Crippen LogP contribution in [0.1, 0.15) is 45.2 Å². The molecule has 5 rings (SSSR count). The van der Waals surface area contributed by atoms with E-state index in [-0.39, 0.29) is 12.0 Å². The van der Waals surface area contributed by atoms with Gasteiger partial charge in [-0.3, -0.25) is 4.90 Å². The zero-order chi connectivity index (χ0) is 25.1. The molecule has 0 bridgehead atoms. The lowest BCUT2D eigenvalue weighted by molar-refractivity contribution is 0.0342. The molecule has 2 fully saturated rings. The van der Waals surface area contributed by atoms with Crippen molar-refractivity contribution in [1.82, 2.24) is 24.6 Å². The van der Waals surface area contributed by atoms with Crippen LogP contribution in [-0.2, 0) is 20.8 Å². The van der Waals surface area contributed by atoms with Crippen molar-refractivity contribution in [2.24, 2.45) is 0 Å². The van der Waals surface area contributed by atoms with Crippen LogP contribution >= 0.6 is 0 Å². The maximum atomic E-state index is 13.4. The maximum Gasteiger partial charge on any atom is 0.421 e. The van der Waals surface area contributed by atoms with Crippen molar-refractivity contribution in [3.63, 3.8) is 0 Å². The normalized spacial score (nSPS) is 17.9. The first kappa shape index (κ1) is 24.6. The molecule has 36 heavy (non-hydrogen) atoms. The highest BCUT2D eigenvalue weighted by molar-refractivity contribution is 5.95. The Bertz CT molecular complexity index is 1180. The van der Waals surface area contributed by atoms with Gasteiger partial charge in [0.1, 0.15) is 5.60 Å². The lowest BCUT2D eigenvalue weighted by Crippen LogP contribution is -2.36. The molecule has 3 aromatic rings. The predicted octanol–water partition coefficient (Wildman–Crippen LogP) is 4.08. The second-order valence-electron chi connectivity index (χ2n) is 10.3. The minimum Gasteiger partial charge on any atom is -0.443 e. The summed E-state index contributed by atoms with van der Waals surface area (Å²) >= 11 is 0. The Morgan fingerprint density at radius 3 is 2.44 bits per heavy atom. The van der Waals surface area contributed by atoms with Gasteiger partial charge in [0.2, 0.25) is 5.95 Å². The molecule has 1 amide bonds. The van der Waals surface area contributed by atoms with Crippen molar-refractivity contribution < 1.29 is 19.0 Å². The van der Waals surface area contributed by atoms with Gasteiger partial charge in [-0.15, -0.1) is 0 Å². The van der Waals surface area contributed by atoms with Gasteiger partial charge in [0, 0.05) is 39.0 Å². The average Bonchev–Trinajstić information content (AvgIpc) is 3.29. The molecule has 0 radical (unpaired) electrons. The molecule has 4 heterocycles. The van der Waals surface area contributed by atoms with Crippen LogP contribution in [0.3, 0.4) is 0 Å². The Labute approximate surface area is 211 Å². The summed E-state index contributed by atoms with van der Waals surface area (Å²) in [5.74, 6) is 0.256. The summed E-state index contributed by atoms with van der Waals surface area (Å²) in [5.41, 5.74) is 1.84. The summed E-state index contributed by atoms with van der Waals surface area (Å²) in [4.78, 5) is 26.5. The molecule has 0 atom stereocenters. The molecule has 0 spiro atoms. The Balaban J connectivity index is 1.46. The minimum absolute atomic E-state index is 0.202. The van der Waals surface area contributed by atoms with Crippen LogP contribution in [0.4, 0.5) is 16.4 Å². The third kappa shape index (κ3) is 5.66. The van der Waals surface area contributed by atoms with E-state index in [4.69, 9.17) is 19.2 Å². The Morgan fingerprint density at radius 1 is 1.06 bits per heavy atom. The van der Waals surface area contributed by atoms with Gasteiger partial charge in [0.25, 0.3) is 0 Å². The number of hydrogen-bond acceptors (Lipinski definition) is 8. The summed E-state index contributed by atoms with van der Waals surface area (Å²) in [7, 11) is 0. The Morgan fingerprint density at radius 2 is 1.75 bits per heavy atom. The molecule has 0 aliphatic carbocycles. The summed E-state index contributed by atoms with van der Waals surface area (Å²) in [5, 5.41) is 5.40. The number of aromatic nitrogens is 4. The van der Waals surface area contributed by atoms with Crippen LogP contribution in [0, 0.1) is 0 Å². The number of amides is 1. The zero-order valence-electron chi connectivity index (χ0n) is 21.2. The second-order valence-corrected chi connectivity index (χ2v) is 10.3. The first-order chi connectivity index (χ1) is 17.4. The fourth-order valence-corrected chi connectivity index (χ4v) is 4.51. The van der Waals surface area contributed by atoms with Gasteiger partial charge in [-0.1, -0.05) is 12.1 Å². The first-order valence-electron chi connectivity index (χ1n) is 12.6. The number of nitrogens with zero attached hydrogens (tertiary/aromatic N) is 6. The number of morpholine rings is 1. The minimum atomic E-state index is -0.667. The number of benzene rings is 1. The second kappa shape index (κ2) is 10.5. The van der Waals surface area contributed by atoms with E-state index < -0.39 is 11.7 Å². The van der Waals surface area contributed by atoms with Crippen LogP contribution in [0.15, 0.2) is 36.7 Å². The van der Waals surface area contributed by atoms with Crippen LogP contribution < -0.4 is 4.90 Å². The third-order valence-corrected chi connectivity index (χ3v) is 6.34. The average molecular weight is 495 g/mol. The van der Waals surface area contributed by atoms with Gasteiger partial charge in [-0.05, 0) is 51.3 Å². The standard InChI is InChI=1S/C26H34N6O4/c1-26(2,3)36-25(33)31(21-6-4-19(5-7-21)18-30-10-14-35-15-11-30)24-27-16-20-17-28-32(23(20)29-24)22-8-12-34-13-9-22/h4-7,16-17,22H,8-15,18H2,1-3H3. The Hall–Kier alpha value is -3.08. The van der Waals surface area contributed by atoms with Crippen LogP contribution in [0.25, 0.3) is 11.0 Å². The highest BCUT2D eigenvalue weighted by Crippen LogP contribution is 2.29. The highest BCUT2D eigenvalue weighted by atomic mass is 16.6. The molecular weight excluding hydrogens is 460 g/mol. The monoisotopic (exact) mass is 494 g/mol. The SMILES string of the molecule is CC(C)(C)OC(=O)N(c1ccc(CN2CCOCC2)cc1)c1ncc2cnn(C3CCOCC3)c2n1. The van der Waals surface area contributed by atoms with Crippen molar-refractivity contribution in [3.8, 4) is 0 Å². The number of rotatable bonds is 5. The van der Waals surface area contributed by atoms with Crippen LogP contribution in [0.2, 0.25) is 0 Å². The molecule has 2 aromatic heterocycles. The fourth-order valence-electron chi connectivity index (χ4n) is 4.51. The lowest BCUT2D eigenvalue weighted by Gasteiger charge is -2.28. The molecule has 2 aliphatic rings. The van der Waals surface area contributed by atoms with Crippen molar-refractivity contribution in [3.05, 3.63) is 42.2 Å².